The lowest BCUT2D eigenvalue weighted by atomic mass is 10.1. The fraction of sp³-hybridized carbons (Fsp3) is 0.125. The first kappa shape index (κ1) is 17.5. The highest BCUT2D eigenvalue weighted by molar-refractivity contribution is 7.89. The Morgan fingerprint density at radius 2 is 1.84 bits per heavy atom. The molecule has 0 atom stereocenters. The van der Waals surface area contributed by atoms with Crippen LogP contribution in [0, 0.1) is 5.82 Å². The molecule has 0 spiro atoms. The van der Waals surface area contributed by atoms with Crippen molar-refractivity contribution in [3.8, 4) is 0 Å². The first-order valence-electron chi connectivity index (χ1n) is 7.29. The minimum absolute atomic E-state index is 0.0969. The lowest BCUT2D eigenvalue weighted by Crippen LogP contribution is -2.23. The molecular formula is C16H14ClFN4O2S. The van der Waals surface area contributed by atoms with Crippen molar-refractivity contribution < 1.29 is 12.8 Å². The van der Waals surface area contributed by atoms with E-state index in [1.807, 2.05) is 24.3 Å². The molecule has 0 radical (unpaired) electrons. The van der Waals surface area contributed by atoms with Crippen LogP contribution in [0.2, 0.25) is 5.02 Å². The summed E-state index contributed by atoms with van der Waals surface area (Å²) in [6, 6.07) is 10.6. The summed E-state index contributed by atoms with van der Waals surface area (Å²) in [5, 5.41) is 3.87. The zero-order valence-corrected chi connectivity index (χ0v) is 14.5. The van der Waals surface area contributed by atoms with Crippen LogP contribution in [0.4, 0.5) is 4.39 Å². The van der Waals surface area contributed by atoms with E-state index in [0.717, 1.165) is 29.3 Å². The lowest BCUT2D eigenvalue weighted by Gasteiger charge is -2.09. The van der Waals surface area contributed by atoms with Gasteiger partial charge < -0.3 is 0 Å². The maximum absolute atomic E-state index is 13.1. The Hall–Kier alpha value is -2.29. The van der Waals surface area contributed by atoms with Gasteiger partial charge in [0, 0.05) is 6.54 Å². The second kappa shape index (κ2) is 7.30. The molecule has 0 amide bonds. The molecule has 9 heteroatoms. The highest BCUT2D eigenvalue weighted by Gasteiger charge is 2.18. The largest absolute Gasteiger partial charge is 0.249 e. The minimum atomic E-state index is -3.83. The molecule has 2 aromatic carbocycles. The average Bonchev–Trinajstić information content (AvgIpc) is 3.07. The Morgan fingerprint density at radius 3 is 2.48 bits per heavy atom. The van der Waals surface area contributed by atoms with Crippen molar-refractivity contribution in [2.24, 2.45) is 0 Å². The Balaban J connectivity index is 1.66. The number of halogens is 2. The van der Waals surface area contributed by atoms with Crippen LogP contribution in [0.5, 0.6) is 0 Å². The summed E-state index contributed by atoms with van der Waals surface area (Å²) in [5.74, 6) is -0.591. The van der Waals surface area contributed by atoms with Gasteiger partial charge in [0.05, 0.1) is 11.6 Å². The molecule has 130 valence electrons. The smallest absolute Gasteiger partial charge is 0.242 e. The Bertz CT molecular complexity index is 960. The van der Waals surface area contributed by atoms with Gasteiger partial charge in [0.15, 0.2) is 0 Å². The van der Waals surface area contributed by atoms with Gasteiger partial charge in [0.1, 0.15) is 23.4 Å². The number of hydrogen-bond acceptors (Lipinski definition) is 4. The van der Waals surface area contributed by atoms with Gasteiger partial charge in [0.25, 0.3) is 0 Å². The number of benzene rings is 2. The van der Waals surface area contributed by atoms with Crippen molar-refractivity contribution in [3.63, 3.8) is 0 Å². The SMILES string of the molecule is O=S(=O)(NCc1ccc(Cn2cncn2)cc1)c1ccc(F)cc1Cl. The lowest BCUT2D eigenvalue weighted by molar-refractivity contribution is 0.580. The molecule has 0 saturated heterocycles. The van der Waals surface area contributed by atoms with Crippen molar-refractivity contribution >= 4 is 21.6 Å². The maximum atomic E-state index is 13.1. The molecule has 1 N–H and O–H groups in total. The number of aromatic nitrogens is 3. The van der Waals surface area contributed by atoms with Gasteiger partial charge in [-0.3, -0.25) is 0 Å². The second-order valence-electron chi connectivity index (χ2n) is 5.31. The van der Waals surface area contributed by atoms with E-state index in [1.165, 1.54) is 6.33 Å². The molecule has 3 aromatic rings. The molecule has 0 unspecified atom stereocenters. The topological polar surface area (TPSA) is 76.9 Å². The summed E-state index contributed by atoms with van der Waals surface area (Å²) in [7, 11) is -3.83. The van der Waals surface area contributed by atoms with Crippen LogP contribution >= 0.6 is 11.6 Å². The Kier molecular flexibility index (Phi) is 5.12. The Labute approximate surface area is 149 Å². The van der Waals surface area contributed by atoms with Crippen LogP contribution in [0.15, 0.2) is 60.0 Å². The summed E-state index contributed by atoms with van der Waals surface area (Å²) in [6.07, 6.45) is 3.08. The molecule has 1 aromatic heterocycles. The summed E-state index contributed by atoms with van der Waals surface area (Å²) < 4.78 is 41.8. The number of nitrogens with one attached hydrogen (secondary N) is 1. The van der Waals surface area contributed by atoms with Gasteiger partial charge in [-0.05, 0) is 29.3 Å². The predicted octanol–water partition coefficient (Wildman–Crippen LogP) is 2.60. The van der Waals surface area contributed by atoms with Gasteiger partial charge in [0.2, 0.25) is 10.0 Å². The summed E-state index contributed by atoms with van der Waals surface area (Å²) >= 11 is 5.81. The van der Waals surface area contributed by atoms with Crippen LogP contribution in [0.25, 0.3) is 0 Å². The zero-order valence-electron chi connectivity index (χ0n) is 12.9. The van der Waals surface area contributed by atoms with Crippen LogP contribution < -0.4 is 4.72 Å². The molecule has 1 heterocycles. The van der Waals surface area contributed by atoms with Crippen molar-refractivity contribution in [2.45, 2.75) is 18.0 Å². The average molecular weight is 381 g/mol. The molecule has 0 fully saturated rings. The third kappa shape index (κ3) is 4.41. The van der Waals surface area contributed by atoms with E-state index in [0.29, 0.717) is 6.54 Å². The quantitative estimate of drug-likeness (QED) is 0.713. The third-order valence-corrected chi connectivity index (χ3v) is 5.37. The highest BCUT2D eigenvalue weighted by Crippen LogP contribution is 2.22. The van der Waals surface area contributed by atoms with Crippen molar-refractivity contribution in [1.29, 1.82) is 0 Å². The number of sulfonamides is 1. The normalized spacial score (nSPS) is 11.6. The first-order chi connectivity index (χ1) is 11.9. The fourth-order valence-electron chi connectivity index (χ4n) is 2.21. The van der Waals surface area contributed by atoms with Crippen molar-refractivity contribution in [1.82, 2.24) is 19.5 Å². The third-order valence-electron chi connectivity index (χ3n) is 3.48. The van der Waals surface area contributed by atoms with Crippen LogP contribution in [0.1, 0.15) is 11.1 Å². The predicted molar refractivity (Wildman–Crippen MR) is 91.0 cm³/mol. The van der Waals surface area contributed by atoms with Crippen molar-refractivity contribution in [3.05, 3.63) is 77.1 Å². The van der Waals surface area contributed by atoms with E-state index in [9.17, 15) is 12.8 Å². The first-order valence-corrected chi connectivity index (χ1v) is 9.15. The van der Waals surface area contributed by atoms with Gasteiger partial charge in [-0.2, -0.15) is 5.10 Å². The van der Waals surface area contributed by atoms with E-state index >= 15 is 0 Å². The van der Waals surface area contributed by atoms with E-state index < -0.39 is 15.8 Å². The monoisotopic (exact) mass is 380 g/mol. The van der Waals surface area contributed by atoms with E-state index in [4.69, 9.17) is 11.6 Å². The highest BCUT2D eigenvalue weighted by atomic mass is 35.5. The van der Waals surface area contributed by atoms with Gasteiger partial charge in [-0.25, -0.2) is 27.2 Å². The zero-order chi connectivity index (χ0) is 17.9. The molecule has 0 aliphatic rings. The molecule has 0 saturated carbocycles. The molecule has 0 aliphatic carbocycles. The van der Waals surface area contributed by atoms with Crippen LogP contribution in [-0.2, 0) is 23.1 Å². The standard InChI is InChI=1S/C16H14ClFN4O2S/c17-15-7-14(18)5-6-16(15)25(23,24)21-8-12-1-3-13(4-2-12)9-22-11-19-10-20-22/h1-7,10-11,21H,8-9H2. The molecule has 6 nitrogen and oxygen atoms in total. The van der Waals surface area contributed by atoms with Gasteiger partial charge >= 0.3 is 0 Å². The van der Waals surface area contributed by atoms with Gasteiger partial charge in [-0.15, -0.1) is 0 Å². The molecular weight excluding hydrogens is 367 g/mol. The summed E-state index contributed by atoms with van der Waals surface area (Å²) in [5.41, 5.74) is 1.79. The molecule has 3 rings (SSSR count). The van der Waals surface area contributed by atoms with E-state index in [1.54, 1.807) is 11.0 Å². The summed E-state index contributed by atoms with van der Waals surface area (Å²) in [4.78, 5) is 3.72. The van der Waals surface area contributed by atoms with Crippen LogP contribution in [-0.4, -0.2) is 23.2 Å². The Morgan fingerprint density at radius 1 is 1.12 bits per heavy atom. The minimum Gasteiger partial charge on any atom is -0.249 e. The van der Waals surface area contributed by atoms with E-state index in [2.05, 4.69) is 14.8 Å². The number of rotatable bonds is 6. The molecule has 0 aliphatic heterocycles. The molecule has 0 bridgehead atoms. The van der Waals surface area contributed by atoms with E-state index in [-0.39, 0.29) is 16.5 Å². The van der Waals surface area contributed by atoms with Crippen molar-refractivity contribution in [2.75, 3.05) is 0 Å². The maximum Gasteiger partial charge on any atom is 0.242 e. The fourth-order valence-corrected chi connectivity index (χ4v) is 3.76. The number of hydrogen-bond donors (Lipinski definition) is 1. The number of nitrogens with zero attached hydrogens (tertiary/aromatic N) is 3. The summed E-state index contributed by atoms with van der Waals surface area (Å²) in [6.45, 7) is 0.677. The molecule has 25 heavy (non-hydrogen) atoms. The second-order valence-corrected chi connectivity index (χ2v) is 7.45. The van der Waals surface area contributed by atoms with Gasteiger partial charge in [-0.1, -0.05) is 35.9 Å². The van der Waals surface area contributed by atoms with Crippen LogP contribution in [0.3, 0.4) is 0 Å².